The molecular formula is C29H30N6O. The van der Waals surface area contributed by atoms with E-state index in [1.54, 1.807) is 12.4 Å². The van der Waals surface area contributed by atoms with Gasteiger partial charge in [-0.2, -0.15) is 0 Å². The van der Waals surface area contributed by atoms with Crippen molar-refractivity contribution in [3.63, 3.8) is 0 Å². The van der Waals surface area contributed by atoms with Crippen molar-refractivity contribution in [3.05, 3.63) is 94.6 Å². The smallest absolute Gasteiger partial charge is 0.255 e. The Morgan fingerprint density at radius 1 is 1.00 bits per heavy atom. The Labute approximate surface area is 211 Å². The Morgan fingerprint density at radius 2 is 1.83 bits per heavy atom. The third-order valence-electron chi connectivity index (χ3n) is 6.70. The van der Waals surface area contributed by atoms with Crippen LogP contribution in [0.1, 0.15) is 38.3 Å². The second kappa shape index (κ2) is 10.3. The summed E-state index contributed by atoms with van der Waals surface area (Å²) in [5.74, 6) is 6.82. The number of hydrogen-bond donors (Lipinski definition) is 1. The molecule has 7 heteroatoms. The van der Waals surface area contributed by atoms with Gasteiger partial charge in [-0.05, 0) is 73.8 Å². The van der Waals surface area contributed by atoms with Crippen molar-refractivity contribution in [2.75, 3.05) is 38.5 Å². The molecule has 36 heavy (non-hydrogen) atoms. The van der Waals surface area contributed by atoms with E-state index in [2.05, 4.69) is 63.0 Å². The highest BCUT2D eigenvalue weighted by atomic mass is 16.1. The van der Waals surface area contributed by atoms with Gasteiger partial charge in [0.1, 0.15) is 5.69 Å². The number of fused-ring (bicyclic) bond motifs is 1. The van der Waals surface area contributed by atoms with Gasteiger partial charge in [-0.1, -0.05) is 18.1 Å². The summed E-state index contributed by atoms with van der Waals surface area (Å²) in [6.07, 6.45) is 5.29. The van der Waals surface area contributed by atoms with Gasteiger partial charge in [0.25, 0.3) is 5.91 Å². The summed E-state index contributed by atoms with van der Waals surface area (Å²) in [6.45, 7) is 9.41. The normalized spacial score (nSPS) is 14.4. The van der Waals surface area contributed by atoms with Crippen LogP contribution < -0.4 is 5.32 Å². The maximum Gasteiger partial charge on any atom is 0.255 e. The summed E-state index contributed by atoms with van der Waals surface area (Å²) < 4.78 is 1.84. The number of benzene rings is 2. The van der Waals surface area contributed by atoms with Gasteiger partial charge in [0, 0.05) is 61.9 Å². The van der Waals surface area contributed by atoms with Gasteiger partial charge in [-0.25, -0.2) is 9.97 Å². The molecule has 1 N–H and O–H groups in total. The maximum atomic E-state index is 13.0. The first-order chi connectivity index (χ1) is 17.5. The van der Waals surface area contributed by atoms with E-state index in [1.807, 2.05) is 47.9 Å². The molecule has 0 spiro atoms. The fourth-order valence-corrected chi connectivity index (χ4v) is 4.35. The van der Waals surface area contributed by atoms with E-state index in [0.717, 1.165) is 55.2 Å². The highest BCUT2D eigenvalue weighted by Gasteiger charge is 2.15. The lowest BCUT2D eigenvalue weighted by Crippen LogP contribution is -2.43. The molecule has 1 amide bonds. The van der Waals surface area contributed by atoms with E-state index in [0.29, 0.717) is 11.3 Å². The summed E-state index contributed by atoms with van der Waals surface area (Å²) in [5.41, 5.74) is 6.42. The highest BCUT2D eigenvalue weighted by Crippen LogP contribution is 2.19. The average molecular weight is 479 g/mol. The lowest BCUT2D eigenvalue weighted by molar-refractivity contribution is 0.102. The Balaban J connectivity index is 1.29. The summed E-state index contributed by atoms with van der Waals surface area (Å²) in [5, 5.41) is 3.05. The number of aromatic nitrogens is 3. The van der Waals surface area contributed by atoms with Crippen LogP contribution in [-0.4, -0.2) is 63.3 Å². The minimum atomic E-state index is -0.150. The van der Waals surface area contributed by atoms with Crippen molar-refractivity contribution >= 4 is 17.4 Å². The van der Waals surface area contributed by atoms with E-state index < -0.39 is 0 Å². The van der Waals surface area contributed by atoms with Crippen molar-refractivity contribution < 1.29 is 4.79 Å². The highest BCUT2D eigenvalue weighted by molar-refractivity contribution is 6.04. The van der Waals surface area contributed by atoms with Crippen molar-refractivity contribution in [1.29, 1.82) is 0 Å². The van der Waals surface area contributed by atoms with E-state index in [1.165, 1.54) is 11.1 Å². The molecule has 1 saturated heterocycles. The molecule has 0 aliphatic carbocycles. The number of hydrogen-bond acceptors (Lipinski definition) is 5. The van der Waals surface area contributed by atoms with Gasteiger partial charge >= 0.3 is 0 Å². The summed E-state index contributed by atoms with van der Waals surface area (Å²) in [6, 6.07) is 13.6. The molecule has 1 aliphatic heterocycles. The van der Waals surface area contributed by atoms with Crippen LogP contribution in [0.5, 0.6) is 0 Å². The van der Waals surface area contributed by atoms with Gasteiger partial charge in [0.15, 0.2) is 0 Å². The molecule has 2 aromatic heterocycles. The van der Waals surface area contributed by atoms with Gasteiger partial charge < -0.3 is 10.2 Å². The number of carbonyl (C=O) groups excluding carboxylic acids is 1. The Kier molecular flexibility index (Phi) is 6.81. The van der Waals surface area contributed by atoms with Crippen molar-refractivity contribution in [3.8, 4) is 11.8 Å². The molecule has 0 radical (unpaired) electrons. The number of likely N-dealkylation sites (N-methyl/N-ethyl adjacent to an activating group) is 1. The number of amides is 1. The minimum absolute atomic E-state index is 0.150. The third kappa shape index (κ3) is 5.30. The van der Waals surface area contributed by atoms with Crippen LogP contribution in [0.4, 0.5) is 5.69 Å². The zero-order valence-corrected chi connectivity index (χ0v) is 21.0. The lowest BCUT2D eigenvalue weighted by Gasteiger charge is -2.32. The van der Waals surface area contributed by atoms with Gasteiger partial charge in [0.2, 0.25) is 5.78 Å². The van der Waals surface area contributed by atoms with Crippen LogP contribution in [0.3, 0.4) is 0 Å². The fourth-order valence-electron chi connectivity index (χ4n) is 4.35. The number of carbonyl (C=O) groups is 1. The predicted octanol–water partition coefficient (Wildman–Crippen LogP) is 3.75. The van der Waals surface area contributed by atoms with Crippen LogP contribution in [0, 0.1) is 25.7 Å². The molecule has 7 nitrogen and oxygen atoms in total. The largest absolute Gasteiger partial charge is 0.322 e. The van der Waals surface area contributed by atoms with Gasteiger partial charge in [-0.15, -0.1) is 0 Å². The van der Waals surface area contributed by atoms with Crippen LogP contribution in [-0.2, 0) is 6.54 Å². The first kappa shape index (κ1) is 23.7. The lowest BCUT2D eigenvalue weighted by atomic mass is 10.0. The monoisotopic (exact) mass is 478 g/mol. The minimum Gasteiger partial charge on any atom is -0.322 e. The standard InChI is InChI=1S/C29H30N6O/c1-21-5-6-24(18-23(21)8-10-27-19-31-29-30-11-4-12-35(27)29)28(36)32-26-9-7-25(22(2)17-26)20-34-15-13-33(3)14-16-34/h4-7,9,11-12,17-19H,13-16,20H2,1-3H3,(H,32,36). The van der Waals surface area contributed by atoms with E-state index >= 15 is 0 Å². The molecule has 2 aromatic carbocycles. The number of imidazole rings is 1. The molecule has 182 valence electrons. The van der Waals surface area contributed by atoms with E-state index in [4.69, 9.17) is 0 Å². The molecule has 1 fully saturated rings. The van der Waals surface area contributed by atoms with Crippen molar-refractivity contribution in [2.45, 2.75) is 20.4 Å². The molecule has 1 aliphatic rings. The molecule has 0 unspecified atom stereocenters. The predicted molar refractivity (Wildman–Crippen MR) is 142 cm³/mol. The fraction of sp³-hybridized carbons (Fsp3) is 0.276. The maximum absolute atomic E-state index is 13.0. The summed E-state index contributed by atoms with van der Waals surface area (Å²) in [7, 11) is 2.17. The van der Waals surface area contributed by atoms with Crippen molar-refractivity contribution in [1.82, 2.24) is 24.2 Å². The van der Waals surface area contributed by atoms with Crippen LogP contribution in [0.15, 0.2) is 61.1 Å². The van der Waals surface area contributed by atoms with Crippen LogP contribution >= 0.6 is 0 Å². The van der Waals surface area contributed by atoms with Crippen LogP contribution in [0.25, 0.3) is 5.78 Å². The molecule has 0 atom stereocenters. The molecular weight excluding hydrogens is 448 g/mol. The Morgan fingerprint density at radius 3 is 2.64 bits per heavy atom. The molecule has 4 aromatic rings. The molecule has 3 heterocycles. The van der Waals surface area contributed by atoms with Gasteiger partial charge in [-0.3, -0.25) is 14.1 Å². The van der Waals surface area contributed by atoms with Crippen LogP contribution in [0.2, 0.25) is 0 Å². The Hall–Kier alpha value is -3.99. The number of nitrogens with zero attached hydrogens (tertiary/aromatic N) is 5. The second-order valence-electron chi connectivity index (χ2n) is 9.39. The second-order valence-corrected chi connectivity index (χ2v) is 9.39. The Bertz CT molecular complexity index is 1470. The number of anilines is 1. The zero-order chi connectivity index (χ0) is 25.1. The number of piperazine rings is 1. The number of rotatable bonds is 4. The van der Waals surface area contributed by atoms with Crippen molar-refractivity contribution in [2.24, 2.45) is 0 Å². The first-order valence-electron chi connectivity index (χ1n) is 12.2. The summed E-state index contributed by atoms with van der Waals surface area (Å²) in [4.78, 5) is 26.4. The van der Waals surface area contributed by atoms with E-state index in [9.17, 15) is 4.79 Å². The molecule has 0 saturated carbocycles. The molecule has 5 rings (SSSR count). The topological polar surface area (TPSA) is 65.8 Å². The SMILES string of the molecule is Cc1ccc(C(=O)Nc2ccc(CN3CCN(C)CC3)c(C)c2)cc1C#Cc1cnc2ncccn12. The number of aryl methyl sites for hydroxylation is 2. The first-order valence-corrected chi connectivity index (χ1v) is 12.2. The zero-order valence-electron chi connectivity index (χ0n) is 21.0. The number of nitrogens with one attached hydrogen (secondary N) is 1. The molecule has 0 bridgehead atoms. The van der Waals surface area contributed by atoms with E-state index in [-0.39, 0.29) is 5.91 Å². The summed E-state index contributed by atoms with van der Waals surface area (Å²) >= 11 is 0. The quantitative estimate of drug-likeness (QED) is 0.453. The van der Waals surface area contributed by atoms with Gasteiger partial charge in [0.05, 0.1) is 6.20 Å². The average Bonchev–Trinajstić information content (AvgIpc) is 3.29. The third-order valence-corrected chi connectivity index (χ3v) is 6.70.